The largest absolute Gasteiger partial charge is 0.469 e. The van der Waals surface area contributed by atoms with Crippen LogP contribution in [0.2, 0.25) is 0 Å². The van der Waals surface area contributed by atoms with Gasteiger partial charge in [0.15, 0.2) is 6.10 Å². The first kappa shape index (κ1) is 46.3. The van der Waals surface area contributed by atoms with E-state index in [1.807, 2.05) is 0 Å². The molecule has 0 heterocycles. The highest BCUT2D eigenvalue weighted by molar-refractivity contribution is 7.46. The van der Waals surface area contributed by atoms with E-state index in [0.717, 1.165) is 77.0 Å². The van der Waals surface area contributed by atoms with Gasteiger partial charge in [0.2, 0.25) is 0 Å². The fourth-order valence-electron chi connectivity index (χ4n) is 5.21. The van der Waals surface area contributed by atoms with Gasteiger partial charge in [-0.05, 0) is 64.2 Å². The Morgan fingerprint density at radius 1 is 0.542 bits per heavy atom. The van der Waals surface area contributed by atoms with Crippen LogP contribution in [0.15, 0.2) is 36.5 Å². The van der Waals surface area contributed by atoms with Crippen LogP contribution in [0.25, 0.3) is 0 Å². The van der Waals surface area contributed by atoms with Gasteiger partial charge in [-0.2, -0.15) is 0 Å². The molecule has 0 bridgehead atoms. The summed E-state index contributed by atoms with van der Waals surface area (Å²) in [5, 5.41) is 0. The highest BCUT2D eigenvalue weighted by Gasteiger charge is 2.22. The lowest BCUT2D eigenvalue weighted by Crippen LogP contribution is -2.29. The predicted molar refractivity (Wildman–Crippen MR) is 198 cm³/mol. The number of hydrogen-bond acceptors (Lipinski definition) is 6. The van der Waals surface area contributed by atoms with E-state index in [-0.39, 0.29) is 19.4 Å². The molecule has 1 atom stereocenters. The lowest BCUT2D eigenvalue weighted by molar-refractivity contribution is -0.161. The van der Waals surface area contributed by atoms with Crippen LogP contribution >= 0.6 is 7.82 Å². The minimum Gasteiger partial charge on any atom is -0.462 e. The van der Waals surface area contributed by atoms with Crippen molar-refractivity contribution in [2.75, 3.05) is 13.2 Å². The number of carbonyl (C=O) groups excluding carboxylic acids is 2. The van der Waals surface area contributed by atoms with Gasteiger partial charge < -0.3 is 19.3 Å². The van der Waals surface area contributed by atoms with Crippen molar-refractivity contribution < 1.29 is 37.9 Å². The van der Waals surface area contributed by atoms with Crippen LogP contribution in [0.3, 0.4) is 0 Å². The Labute approximate surface area is 293 Å². The molecule has 0 fully saturated rings. The van der Waals surface area contributed by atoms with Crippen molar-refractivity contribution in [3.05, 3.63) is 36.5 Å². The van der Waals surface area contributed by atoms with E-state index in [1.54, 1.807) is 0 Å². The molecule has 1 unspecified atom stereocenters. The molecule has 0 aliphatic rings. The Morgan fingerprint density at radius 2 is 0.958 bits per heavy atom. The number of phosphoric acid groups is 1. The smallest absolute Gasteiger partial charge is 0.462 e. The molecule has 0 spiro atoms. The van der Waals surface area contributed by atoms with Gasteiger partial charge in [-0.15, -0.1) is 0 Å². The Morgan fingerprint density at radius 3 is 1.46 bits per heavy atom. The molecular weight excluding hydrogens is 627 g/mol. The number of phosphoric ester groups is 1. The van der Waals surface area contributed by atoms with Gasteiger partial charge in [-0.3, -0.25) is 14.1 Å². The van der Waals surface area contributed by atoms with E-state index in [2.05, 4.69) is 54.8 Å². The number of allylic oxidation sites excluding steroid dienone is 6. The summed E-state index contributed by atoms with van der Waals surface area (Å²) in [5.74, 6) is -0.910. The zero-order valence-electron chi connectivity index (χ0n) is 30.6. The van der Waals surface area contributed by atoms with Gasteiger partial charge in [-0.1, -0.05) is 140 Å². The molecule has 48 heavy (non-hydrogen) atoms. The fraction of sp³-hybridized carbons (Fsp3) is 0.795. The van der Waals surface area contributed by atoms with Crippen LogP contribution in [0, 0.1) is 0 Å². The quantitative estimate of drug-likeness (QED) is 0.0290. The minimum atomic E-state index is -4.75. The number of hydrogen-bond donors (Lipinski definition) is 2. The first-order valence-corrected chi connectivity index (χ1v) is 20.8. The average molecular weight is 699 g/mol. The summed E-state index contributed by atoms with van der Waals surface area (Å²) in [6.45, 7) is 3.61. The van der Waals surface area contributed by atoms with E-state index < -0.39 is 32.5 Å². The number of ether oxygens (including phenoxy) is 2. The maximum Gasteiger partial charge on any atom is 0.469 e. The van der Waals surface area contributed by atoms with Crippen molar-refractivity contribution in [2.24, 2.45) is 0 Å². The lowest BCUT2D eigenvalue weighted by Gasteiger charge is -2.18. The summed E-state index contributed by atoms with van der Waals surface area (Å²) in [6.07, 6.45) is 40.0. The molecule has 0 aliphatic heterocycles. The summed E-state index contributed by atoms with van der Waals surface area (Å²) >= 11 is 0. The highest BCUT2D eigenvalue weighted by atomic mass is 31.2. The Balaban J connectivity index is 3.99. The number of esters is 2. The predicted octanol–water partition coefficient (Wildman–Crippen LogP) is 11.4. The molecule has 2 N–H and O–H groups in total. The standard InChI is InChI=1S/C39H71O8P/c1-3-5-7-9-11-13-15-17-19-20-22-23-25-27-29-31-33-38(40)45-35-37(36-46-48(42,43)44)47-39(41)34-32-30-28-26-24-21-18-16-14-12-10-8-6-4-2/h10,12,16,18-20,37H,3-9,11,13-15,17,21-36H2,1-2H3,(H2,42,43,44)/b12-10-,18-16-,20-19-. The van der Waals surface area contributed by atoms with Crippen LogP contribution in [0.4, 0.5) is 0 Å². The molecule has 0 amide bonds. The Kier molecular flexibility index (Phi) is 33.8. The van der Waals surface area contributed by atoms with E-state index in [4.69, 9.17) is 19.3 Å². The molecule has 0 aromatic carbocycles. The second-order valence-electron chi connectivity index (χ2n) is 12.9. The number of rotatable bonds is 35. The molecular formula is C39H71O8P. The Bertz CT molecular complexity index is 879. The highest BCUT2D eigenvalue weighted by Crippen LogP contribution is 2.36. The van der Waals surface area contributed by atoms with Gasteiger partial charge >= 0.3 is 19.8 Å². The van der Waals surface area contributed by atoms with Crippen LogP contribution in [0.5, 0.6) is 0 Å². The third-order valence-corrected chi connectivity index (χ3v) is 8.62. The van der Waals surface area contributed by atoms with Gasteiger partial charge in [0, 0.05) is 12.8 Å². The van der Waals surface area contributed by atoms with Crippen molar-refractivity contribution in [1.82, 2.24) is 0 Å². The van der Waals surface area contributed by atoms with Gasteiger partial charge in [0.1, 0.15) is 6.61 Å². The number of carbonyl (C=O) groups is 2. The van der Waals surface area contributed by atoms with Crippen LogP contribution in [-0.4, -0.2) is 41.0 Å². The number of unbranched alkanes of at least 4 members (excludes halogenated alkanes) is 19. The molecule has 8 nitrogen and oxygen atoms in total. The summed E-state index contributed by atoms with van der Waals surface area (Å²) in [7, 11) is -4.75. The SMILES string of the molecule is CCCC/C=C\C/C=C\CCCCCCCC(=O)OC(COC(=O)CCCCCCC/C=C\CCCCCCCCC)COP(=O)(O)O. The zero-order valence-corrected chi connectivity index (χ0v) is 31.5. The van der Waals surface area contributed by atoms with Gasteiger partial charge in [0.05, 0.1) is 6.61 Å². The molecule has 0 saturated carbocycles. The van der Waals surface area contributed by atoms with Gasteiger partial charge in [0.25, 0.3) is 0 Å². The Hall–Kier alpha value is -1.73. The third kappa shape index (κ3) is 37.1. The zero-order chi connectivity index (χ0) is 35.4. The topological polar surface area (TPSA) is 119 Å². The average Bonchev–Trinajstić information content (AvgIpc) is 3.05. The lowest BCUT2D eigenvalue weighted by atomic mass is 10.1. The van der Waals surface area contributed by atoms with Crippen LogP contribution < -0.4 is 0 Å². The maximum absolute atomic E-state index is 12.3. The second-order valence-corrected chi connectivity index (χ2v) is 14.1. The van der Waals surface area contributed by atoms with E-state index >= 15 is 0 Å². The molecule has 0 radical (unpaired) electrons. The van der Waals surface area contributed by atoms with E-state index in [0.29, 0.717) is 12.8 Å². The maximum atomic E-state index is 12.3. The van der Waals surface area contributed by atoms with E-state index in [9.17, 15) is 14.2 Å². The summed E-state index contributed by atoms with van der Waals surface area (Å²) in [5.41, 5.74) is 0. The third-order valence-electron chi connectivity index (χ3n) is 8.13. The van der Waals surface area contributed by atoms with Crippen molar-refractivity contribution in [2.45, 2.75) is 187 Å². The molecule has 0 aromatic rings. The fourth-order valence-corrected chi connectivity index (χ4v) is 5.57. The molecule has 9 heteroatoms. The molecule has 0 aliphatic carbocycles. The van der Waals surface area contributed by atoms with E-state index in [1.165, 1.54) is 64.2 Å². The van der Waals surface area contributed by atoms with Crippen molar-refractivity contribution >= 4 is 19.8 Å². The molecule has 0 rings (SSSR count). The normalized spacial score (nSPS) is 12.8. The van der Waals surface area contributed by atoms with Crippen LogP contribution in [0.1, 0.15) is 181 Å². The second kappa shape index (κ2) is 35.1. The van der Waals surface area contributed by atoms with Crippen molar-refractivity contribution in [3.63, 3.8) is 0 Å². The van der Waals surface area contributed by atoms with Crippen molar-refractivity contribution in [1.29, 1.82) is 0 Å². The minimum absolute atomic E-state index is 0.194. The molecule has 0 saturated heterocycles. The van der Waals surface area contributed by atoms with Gasteiger partial charge in [-0.25, -0.2) is 4.57 Å². The monoisotopic (exact) mass is 698 g/mol. The molecule has 0 aromatic heterocycles. The molecule has 280 valence electrons. The first-order valence-electron chi connectivity index (χ1n) is 19.3. The van der Waals surface area contributed by atoms with Crippen molar-refractivity contribution in [3.8, 4) is 0 Å². The first-order chi connectivity index (χ1) is 23.3. The summed E-state index contributed by atoms with van der Waals surface area (Å²) < 4.78 is 26.3. The summed E-state index contributed by atoms with van der Waals surface area (Å²) in [6, 6.07) is 0. The summed E-state index contributed by atoms with van der Waals surface area (Å²) in [4.78, 5) is 42.7. The van der Waals surface area contributed by atoms with Crippen LogP contribution in [-0.2, 0) is 28.2 Å².